The molecule has 0 spiro atoms. The first-order valence-corrected chi connectivity index (χ1v) is 10.2. The number of methoxy groups -OCH3 is 2. The number of nitrogens with zero attached hydrogens (tertiary/aromatic N) is 1. The third-order valence-electron chi connectivity index (χ3n) is 4.56. The highest BCUT2D eigenvalue weighted by atomic mass is 16.5. The average Bonchev–Trinajstić information content (AvgIpc) is 2.85. The zero-order valence-electron chi connectivity index (χ0n) is 18.6. The van der Waals surface area contributed by atoms with E-state index < -0.39 is 11.8 Å². The Labute approximate surface area is 192 Å². The molecule has 0 fully saturated rings. The van der Waals surface area contributed by atoms with Crippen molar-refractivity contribution < 1.29 is 23.8 Å². The van der Waals surface area contributed by atoms with Gasteiger partial charge in [0.1, 0.15) is 11.4 Å². The van der Waals surface area contributed by atoms with Crippen molar-refractivity contribution in [2.24, 2.45) is 0 Å². The van der Waals surface area contributed by atoms with Crippen LogP contribution < -0.4 is 24.8 Å². The van der Waals surface area contributed by atoms with Gasteiger partial charge in [-0.25, -0.2) is 0 Å². The van der Waals surface area contributed by atoms with Gasteiger partial charge in [-0.1, -0.05) is 6.07 Å². The van der Waals surface area contributed by atoms with Gasteiger partial charge in [0.25, 0.3) is 11.8 Å². The van der Waals surface area contributed by atoms with Crippen LogP contribution in [-0.2, 0) is 4.79 Å². The minimum absolute atomic E-state index is 0.0525. The third-order valence-corrected chi connectivity index (χ3v) is 4.56. The zero-order chi connectivity index (χ0) is 23.6. The first-order valence-electron chi connectivity index (χ1n) is 10.2. The Hall–Kier alpha value is -4.33. The molecular weight excluding hydrogens is 422 g/mol. The van der Waals surface area contributed by atoms with Crippen LogP contribution >= 0.6 is 0 Å². The number of nitrogens with one attached hydrogen (secondary N) is 2. The number of benzene rings is 2. The molecule has 0 radical (unpaired) electrons. The highest BCUT2D eigenvalue weighted by Gasteiger charge is 2.17. The van der Waals surface area contributed by atoms with E-state index in [1.54, 1.807) is 73.1 Å². The van der Waals surface area contributed by atoms with E-state index in [0.717, 1.165) is 0 Å². The molecule has 3 rings (SSSR count). The van der Waals surface area contributed by atoms with Crippen LogP contribution in [0.2, 0.25) is 0 Å². The van der Waals surface area contributed by atoms with E-state index >= 15 is 0 Å². The molecule has 2 N–H and O–H groups in total. The molecular formula is C25H25N3O5. The summed E-state index contributed by atoms with van der Waals surface area (Å²) in [5, 5.41) is 5.47. The summed E-state index contributed by atoms with van der Waals surface area (Å²) in [5.74, 6) is 0.628. The minimum atomic E-state index is -0.489. The monoisotopic (exact) mass is 447 g/mol. The Balaban J connectivity index is 1.84. The fourth-order valence-corrected chi connectivity index (χ4v) is 2.96. The fourth-order valence-electron chi connectivity index (χ4n) is 2.96. The Morgan fingerprint density at radius 2 is 1.76 bits per heavy atom. The van der Waals surface area contributed by atoms with Gasteiger partial charge < -0.3 is 24.8 Å². The molecule has 8 heteroatoms. The second-order valence-electron chi connectivity index (χ2n) is 6.78. The highest BCUT2D eigenvalue weighted by molar-refractivity contribution is 6.10. The van der Waals surface area contributed by atoms with Crippen molar-refractivity contribution in [3.05, 3.63) is 83.8 Å². The lowest BCUT2D eigenvalue weighted by Gasteiger charge is -2.13. The molecule has 0 unspecified atom stereocenters. The molecule has 1 heterocycles. The Morgan fingerprint density at radius 1 is 1.00 bits per heavy atom. The molecule has 0 saturated carbocycles. The van der Waals surface area contributed by atoms with Gasteiger partial charge in [-0.05, 0) is 67.1 Å². The Kier molecular flexibility index (Phi) is 8.02. The second kappa shape index (κ2) is 11.3. The van der Waals surface area contributed by atoms with Crippen LogP contribution in [0.25, 0.3) is 6.08 Å². The van der Waals surface area contributed by atoms with Crippen molar-refractivity contribution in [3.63, 3.8) is 0 Å². The van der Waals surface area contributed by atoms with Gasteiger partial charge in [-0.2, -0.15) is 0 Å². The minimum Gasteiger partial charge on any atom is -0.494 e. The summed E-state index contributed by atoms with van der Waals surface area (Å²) >= 11 is 0. The smallest absolute Gasteiger partial charge is 0.272 e. The number of amides is 2. The highest BCUT2D eigenvalue weighted by Crippen LogP contribution is 2.27. The van der Waals surface area contributed by atoms with Gasteiger partial charge in [-0.15, -0.1) is 0 Å². The number of hydrogen-bond acceptors (Lipinski definition) is 6. The van der Waals surface area contributed by atoms with E-state index in [2.05, 4.69) is 15.6 Å². The number of rotatable bonds is 9. The van der Waals surface area contributed by atoms with Gasteiger partial charge in [0, 0.05) is 23.6 Å². The van der Waals surface area contributed by atoms with Gasteiger partial charge in [0.2, 0.25) is 0 Å². The lowest BCUT2D eigenvalue weighted by atomic mass is 10.1. The maximum absolute atomic E-state index is 13.0. The van der Waals surface area contributed by atoms with E-state index in [0.29, 0.717) is 40.7 Å². The summed E-state index contributed by atoms with van der Waals surface area (Å²) in [7, 11) is 3.00. The number of pyridine rings is 1. The predicted octanol–water partition coefficient (Wildman–Crippen LogP) is 3.91. The molecule has 2 amide bonds. The van der Waals surface area contributed by atoms with Crippen LogP contribution in [-0.4, -0.2) is 37.6 Å². The zero-order valence-corrected chi connectivity index (χ0v) is 18.6. The van der Waals surface area contributed by atoms with Crippen LogP contribution in [0.4, 0.5) is 5.69 Å². The van der Waals surface area contributed by atoms with Crippen LogP contribution in [0, 0.1) is 0 Å². The van der Waals surface area contributed by atoms with E-state index in [-0.39, 0.29) is 5.70 Å². The van der Waals surface area contributed by atoms with Crippen LogP contribution in [0.3, 0.4) is 0 Å². The molecule has 0 aliphatic rings. The molecule has 33 heavy (non-hydrogen) atoms. The van der Waals surface area contributed by atoms with Crippen LogP contribution in [0.1, 0.15) is 22.8 Å². The van der Waals surface area contributed by atoms with E-state index in [4.69, 9.17) is 14.2 Å². The molecule has 0 saturated heterocycles. The first-order chi connectivity index (χ1) is 16.0. The number of anilines is 1. The largest absolute Gasteiger partial charge is 0.494 e. The van der Waals surface area contributed by atoms with Gasteiger partial charge in [0.15, 0.2) is 11.5 Å². The van der Waals surface area contributed by atoms with Crippen molar-refractivity contribution in [2.45, 2.75) is 6.92 Å². The number of aromatic nitrogens is 1. The molecule has 3 aromatic rings. The lowest BCUT2D eigenvalue weighted by molar-refractivity contribution is -0.113. The van der Waals surface area contributed by atoms with E-state index in [1.807, 2.05) is 6.92 Å². The van der Waals surface area contributed by atoms with Crippen LogP contribution in [0.15, 0.2) is 72.7 Å². The predicted molar refractivity (Wildman–Crippen MR) is 125 cm³/mol. The number of carbonyl (C=O) groups excluding carboxylic acids is 2. The summed E-state index contributed by atoms with van der Waals surface area (Å²) in [4.78, 5) is 30.0. The molecule has 0 aliphatic heterocycles. The lowest BCUT2D eigenvalue weighted by Crippen LogP contribution is -2.30. The Bertz CT molecular complexity index is 1130. The third kappa shape index (κ3) is 6.33. The van der Waals surface area contributed by atoms with E-state index in [1.165, 1.54) is 14.2 Å². The van der Waals surface area contributed by atoms with Crippen molar-refractivity contribution in [1.82, 2.24) is 10.3 Å². The van der Waals surface area contributed by atoms with Crippen molar-refractivity contribution in [1.29, 1.82) is 0 Å². The maximum atomic E-state index is 13.0. The molecule has 0 atom stereocenters. The molecule has 8 nitrogen and oxygen atoms in total. The fraction of sp³-hybridized carbons (Fsp3) is 0.160. The van der Waals surface area contributed by atoms with Gasteiger partial charge in [-0.3, -0.25) is 14.6 Å². The van der Waals surface area contributed by atoms with Crippen molar-refractivity contribution >= 4 is 23.6 Å². The summed E-state index contributed by atoms with van der Waals surface area (Å²) < 4.78 is 15.9. The van der Waals surface area contributed by atoms with Crippen molar-refractivity contribution in [2.75, 3.05) is 26.1 Å². The van der Waals surface area contributed by atoms with Crippen LogP contribution in [0.5, 0.6) is 17.2 Å². The summed E-state index contributed by atoms with van der Waals surface area (Å²) in [6, 6.07) is 15.2. The molecule has 1 aromatic heterocycles. The van der Waals surface area contributed by atoms with E-state index in [9.17, 15) is 9.59 Å². The topological polar surface area (TPSA) is 98.8 Å². The summed E-state index contributed by atoms with van der Waals surface area (Å²) in [6.07, 6.45) is 4.77. The maximum Gasteiger partial charge on any atom is 0.272 e. The Morgan fingerprint density at radius 3 is 2.39 bits per heavy atom. The standard InChI is InChI=1S/C25H25N3O5/c1-4-33-20-10-8-19(9-11-20)27-25(30)21(14-17-6-5-13-26-16-17)28-24(29)18-7-12-22(31-2)23(15-18)32-3/h5-16H,4H2,1-3H3,(H,27,30)(H,28,29). The quantitative estimate of drug-likeness (QED) is 0.483. The van der Waals surface area contributed by atoms with Gasteiger partial charge in [0.05, 0.1) is 20.8 Å². The number of carbonyl (C=O) groups is 2. The second-order valence-corrected chi connectivity index (χ2v) is 6.78. The molecule has 2 aromatic carbocycles. The number of ether oxygens (including phenoxy) is 3. The number of hydrogen-bond donors (Lipinski definition) is 2. The molecule has 170 valence electrons. The summed E-state index contributed by atoms with van der Waals surface area (Å²) in [6.45, 7) is 2.44. The van der Waals surface area contributed by atoms with Crippen molar-refractivity contribution in [3.8, 4) is 17.2 Å². The SMILES string of the molecule is CCOc1ccc(NC(=O)C(=Cc2cccnc2)NC(=O)c2ccc(OC)c(OC)c2)cc1. The molecule has 0 bridgehead atoms. The normalized spacial score (nSPS) is 10.8. The first kappa shape index (κ1) is 23.3. The van der Waals surface area contributed by atoms with Gasteiger partial charge >= 0.3 is 0 Å². The molecule has 0 aliphatic carbocycles. The average molecular weight is 447 g/mol. The summed E-state index contributed by atoms with van der Waals surface area (Å²) in [5.41, 5.74) is 1.57.